The molecule has 0 bridgehead atoms. The van der Waals surface area contributed by atoms with Crippen molar-refractivity contribution in [3.63, 3.8) is 0 Å². The number of aryl methyl sites for hydroxylation is 1. The first-order valence-electron chi connectivity index (χ1n) is 17.1. The van der Waals surface area contributed by atoms with Gasteiger partial charge in [-0.3, -0.25) is 9.59 Å². The van der Waals surface area contributed by atoms with E-state index in [4.69, 9.17) is 9.47 Å². The number of carbonyl (C=O) groups is 2. The first kappa shape index (κ1) is 36.8. The van der Waals surface area contributed by atoms with Gasteiger partial charge in [0.2, 0.25) is 15.9 Å². The van der Waals surface area contributed by atoms with Gasteiger partial charge in [-0.05, 0) is 83.2 Å². The summed E-state index contributed by atoms with van der Waals surface area (Å²) in [5.41, 5.74) is 1.80. The fourth-order valence-corrected chi connectivity index (χ4v) is 7.50. The Balaban J connectivity index is 1.62. The number of hydrogen-bond acceptors (Lipinski definition) is 7. The molecule has 0 spiro atoms. The Bertz CT molecular complexity index is 1440. The summed E-state index contributed by atoms with van der Waals surface area (Å²) >= 11 is 0. The van der Waals surface area contributed by atoms with E-state index in [0.717, 1.165) is 56.9 Å². The van der Waals surface area contributed by atoms with Crippen molar-refractivity contribution < 1.29 is 32.6 Å². The number of likely N-dealkylation sites (N-methyl/N-ethyl adjacent to an activating group) is 1. The molecular weight excluding hydrogens is 618 g/mol. The number of amides is 2. The highest BCUT2D eigenvalue weighted by molar-refractivity contribution is 7.89. The average molecular weight is 672 g/mol. The number of nitrogens with one attached hydrogen (secondary N) is 1. The minimum Gasteiger partial charge on any atom is -0.490 e. The van der Waals surface area contributed by atoms with Crippen LogP contribution < -0.4 is 10.1 Å². The standard InChI is InChI=1S/C36H53N3O7S/c1-25-14-17-31(18-15-25)47(43,44)38(5)23-34-26(2)22-39(27(3)24-40)36(42)32-21-30(37-35(41)29-12-7-6-8-13-29)16-19-33(32)46-28(4)11-9-10-20-45-34/h14-19,21,26-29,34,40H,6-13,20,22-24H2,1-5H3,(H,37,41)/t26-,27+,28-,34-/m1/s1. The van der Waals surface area contributed by atoms with E-state index in [1.165, 1.54) is 4.31 Å². The molecule has 1 heterocycles. The smallest absolute Gasteiger partial charge is 0.258 e. The lowest BCUT2D eigenvalue weighted by Crippen LogP contribution is -2.48. The monoisotopic (exact) mass is 671 g/mol. The number of anilines is 1. The van der Waals surface area contributed by atoms with Crippen molar-refractivity contribution in [3.8, 4) is 5.75 Å². The Labute approximate surface area is 280 Å². The molecule has 0 saturated heterocycles. The average Bonchev–Trinajstić information content (AvgIpc) is 3.06. The van der Waals surface area contributed by atoms with Crippen LogP contribution in [0.15, 0.2) is 47.4 Å². The number of sulfonamides is 1. The quantitative estimate of drug-likeness (QED) is 0.373. The van der Waals surface area contributed by atoms with Crippen molar-refractivity contribution in [2.24, 2.45) is 11.8 Å². The maximum Gasteiger partial charge on any atom is 0.258 e. The predicted octanol–water partition coefficient (Wildman–Crippen LogP) is 5.63. The minimum absolute atomic E-state index is 0.0359. The number of nitrogens with zero attached hydrogens (tertiary/aromatic N) is 2. The van der Waals surface area contributed by atoms with E-state index < -0.39 is 22.2 Å². The first-order valence-corrected chi connectivity index (χ1v) is 18.5. The Morgan fingerprint density at radius 1 is 1.04 bits per heavy atom. The van der Waals surface area contributed by atoms with Crippen molar-refractivity contribution in [2.45, 2.75) is 102 Å². The maximum atomic E-state index is 14.4. The molecular formula is C36H53N3O7S. The second-order valence-corrected chi connectivity index (χ2v) is 15.5. The van der Waals surface area contributed by atoms with Crippen LogP contribution in [0.4, 0.5) is 5.69 Å². The van der Waals surface area contributed by atoms with E-state index in [9.17, 15) is 23.1 Å². The summed E-state index contributed by atoms with van der Waals surface area (Å²) in [6.07, 6.45) is 6.57. The van der Waals surface area contributed by atoms with E-state index in [1.54, 1.807) is 61.3 Å². The molecule has 0 radical (unpaired) electrons. The zero-order chi connectivity index (χ0) is 34.1. The van der Waals surface area contributed by atoms with Gasteiger partial charge in [0.25, 0.3) is 5.91 Å². The molecule has 1 saturated carbocycles. The van der Waals surface area contributed by atoms with Crippen molar-refractivity contribution in [1.29, 1.82) is 0 Å². The highest BCUT2D eigenvalue weighted by Crippen LogP contribution is 2.30. The van der Waals surface area contributed by atoms with Gasteiger partial charge < -0.3 is 24.8 Å². The highest BCUT2D eigenvalue weighted by Gasteiger charge is 2.32. The fourth-order valence-electron chi connectivity index (χ4n) is 6.31. The zero-order valence-electron chi connectivity index (χ0n) is 28.6. The molecule has 4 atom stereocenters. The summed E-state index contributed by atoms with van der Waals surface area (Å²) in [5.74, 6) is -0.281. The van der Waals surface area contributed by atoms with Gasteiger partial charge in [0, 0.05) is 44.3 Å². The molecule has 260 valence electrons. The van der Waals surface area contributed by atoms with Crippen LogP contribution in [0, 0.1) is 18.8 Å². The third kappa shape index (κ3) is 9.78. The third-order valence-electron chi connectivity index (χ3n) is 9.46. The number of ether oxygens (including phenoxy) is 2. The molecule has 1 fully saturated rings. The molecule has 4 rings (SSSR count). The summed E-state index contributed by atoms with van der Waals surface area (Å²) in [4.78, 5) is 29.3. The van der Waals surface area contributed by atoms with Gasteiger partial charge >= 0.3 is 0 Å². The van der Waals surface area contributed by atoms with Crippen molar-refractivity contribution >= 4 is 27.5 Å². The molecule has 10 nitrogen and oxygen atoms in total. The lowest BCUT2D eigenvalue weighted by atomic mass is 9.88. The van der Waals surface area contributed by atoms with Crippen LogP contribution in [0.2, 0.25) is 0 Å². The Hall–Kier alpha value is -2.99. The van der Waals surface area contributed by atoms with E-state index in [2.05, 4.69) is 5.32 Å². The van der Waals surface area contributed by atoms with E-state index >= 15 is 0 Å². The molecule has 0 unspecified atom stereocenters. The third-order valence-corrected chi connectivity index (χ3v) is 11.3. The van der Waals surface area contributed by atoms with Crippen molar-refractivity contribution in [1.82, 2.24) is 9.21 Å². The van der Waals surface area contributed by atoms with Gasteiger partial charge in [-0.25, -0.2) is 8.42 Å². The lowest BCUT2D eigenvalue weighted by Gasteiger charge is -2.35. The number of aliphatic hydroxyl groups excluding tert-OH is 1. The predicted molar refractivity (Wildman–Crippen MR) is 183 cm³/mol. The van der Waals surface area contributed by atoms with E-state index in [1.807, 2.05) is 20.8 Å². The molecule has 0 aromatic heterocycles. The number of benzene rings is 2. The fraction of sp³-hybridized carbons (Fsp3) is 0.611. The highest BCUT2D eigenvalue weighted by atomic mass is 32.2. The summed E-state index contributed by atoms with van der Waals surface area (Å²) in [6, 6.07) is 11.4. The molecule has 2 aliphatic rings. The van der Waals surface area contributed by atoms with Crippen molar-refractivity contribution in [2.75, 3.05) is 38.7 Å². The van der Waals surface area contributed by atoms with Gasteiger partial charge in [-0.15, -0.1) is 0 Å². The molecule has 2 amide bonds. The molecule has 2 aromatic carbocycles. The van der Waals surface area contributed by atoms with Gasteiger partial charge in [0.05, 0.1) is 35.3 Å². The molecule has 1 aliphatic carbocycles. The topological polar surface area (TPSA) is 125 Å². The number of rotatable bonds is 8. The number of hydrogen-bond donors (Lipinski definition) is 2. The minimum atomic E-state index is -3.77. The SMILES string of the molecule is Cc1ccc(S(=O)(=O)N(C)C[C@H]2OCCCC[C@@H](C)Oc3ccc(NC(=O)C4CCCCC4)cc3C(=O)N([C@@H](C)CO)C[C@H]2C)cc1. The summed E-state index contributed by atoms with van der Waals surface area (Å²) in [6.45, 7) is 8.05. The van der Waals surface area contributed by atoms with Crippen LogP contribution in [0.3, 0.4) is 0 Å². The Kier molecular flexibility index (Phi) is 13.2. The van der Waals surface area contributed by atoms with Crippen LogP contribution in [0.1, 0.15) is 88.1 Å². The normalized spacial score (nSPS) is 23.0. The molecule has 47 heavy (non-hydrogen) atoms. The van der Waals surface area contributed by atoms with E-state index in [-0.39, 0.29) is 54.3 Å². The molecule has 2 N–H and O–H groups in total. The number of fused-ring (bicyclic) bond motifs is 1. The van der Waals surface area contributed by atoms with Crippen LogP contribution in [-0.4, -0.2) is 86.1 Å². The van der Waals surface area contributed by atoms with Gasteiger partial charge in [0.15, 0.2) is 0 Å². The van der Waals surface area contributed by atoms with Crippen LogP contribution in [-0.2, 0) is 19.6 Å². The molecule has 2 aromatic rings. The van der Waals surface area contributed by atoms with Gasteiger partial charge in [-0.2, -0.15) is 4.31 Å². The Morgan fingerprint density at radius 3 is 2.40 bits per heavy atom. The second-order valence-electron chi connectivity index (χ2n) is 13.4. The molecule has 11 heteroatoms. The number of carbonyl (C=O) groups excluding carboxylic acids is 2. The van der Waals surface area contributed by atoms with Crippen LogP contribution >= 0.6 is 0 Å². The Morgan fingerprint density at radius 2 is 1.72 bits per heavy atom. The van der Waals surface area contributed by atoms with Gasteiger partial charge in [0.1, 0.15) is 5.75 Å². The van der Waals surface area contributed by atoms with Gasteiger partial charge in [-0.1, -0.05) is 43.9 Å². The second kappa shape index (κ2) is 16.9. The lowest BCUT2D eigenvalue weighted by molar-refractivity contribution is -0.120. The first-order chi connectivity index (χ1) is 22.4. The summed E-state index contributed by atoms with van der Waals surface area (Å²) in [5, 5.41) is 13.3. The van der Waals surface area contributed by atoms with Crippen LogP contribution in [0.5, 0.6) is 5.75 Å². The number of aliphatic hydroxyl groups is 1. The molecule has 1 aliphatic heterocycles. The van der Waals surface area contributed by atoms with Crippen LogP contribution in [0.25, 0.3) is 0 Å². The summed E-state index contributed by atoms with van der Waals surface area (Å²) < 4.78 is 40.9. The largest absolute Gasteiger partial charge is 0.490 e. The zero-order valence-corrected chi connectivity index (χ0v) is 29.4. The van der Waals surface area contributed by atoms with Crippen molar-refractivity contribution in [3.05, 3.63) is 53.6 Å². The summed E-state index contributed by atoms with van der Waals surface area (Å²) in [7, 11) is -2.22. The van der Waals surface area contributed by atoms with E-state index in [0.29, 0.717) is 23.6 Å². The maximum absolute atomic E-state index is 14.4.